The number of benzene rings is 1. The van der Waals surface area contributed by atoms with Crippen LogP contribution in [-0.4, -0.2) is 18.5 Å². The zero-order chi connectivity index (χ0) is 11.0. The molecular weight excluding hydrogens is 258 g/mol. The number of carbonyl (C=O) groups is 1. The van der Waals surface area contributed by atoms with Gasteiger partial charge in [0.15, 0.2) is 0 Å². The molecule has 1 heterocycles. The van der Waals surface area contributed by atoms with E-state index in [0.717, 1.165) is 10.2 Å². The van der Waals surface area contributed by atoms with E-state index in [1.165, 1.54) is 0 Å². The molecule has 1 unspecified atom stereocenters. The number of halogens is 1. The lowest BCUT2D eigenvalue weighted by Gasteiger charge is -2.18. The maximum Gasteiger partial charge on any atom is 0.228 e. The fraction of sp³-hybridized carbons (Fsp3) is 0.300. The lowest BCUT2D eigenvalue weighted by molar-refractivity contribution is -0.117. The van der Waals surface area contributed by atoms with Crippen molar-refractivity contribution in [3.63, 3.8) is 0 Å². The maximum atomic E-state index is 11.6. The van der Waals surface area contributed by atoms with Crippen molar-refractivity contribution >= 4 is 33.2 Å². The molecule has 1 aliphatic rings. The first-order chi connectivity index (χ1) is 7.08. The average Bonchev–Trinajstić information content (AvgIpc) is 2.45. The number of hydrogen-bond donors (Lipinski definition) is 2. The Balaban J connectivity index is 2.34. The fourth-order valence-corrected chi connectivity index (χ4v) is 2.12. The van der Waals surface area contributed by atoms with E-state index >= 15 is 0 Å². The van der Waals surface area contributed by atoms with E-state index in [-0.39, 0.29) is 11.9 Å². The number of nitrogens with zero attached hydrogens (tertiary/aromatic N) is 1. The van der Waals surface area contributed by atoms with E-state index < -0.39 is 0 Å². The summed E-state index contributed by atoms with van der Waals surface area (Å²) >= 11 is 3.32. The Bertz CT molecular complexity index is 408. The van der Waals surface area contributed by atoms with Crippen LogP contribution in [0.3, 0.4) is 0 Å². The van der Waals surface area contributed by atoms with Gasteiger partial charge in [0.2, 0.25) is 5.91 Å². The van der Waals surface area contributed by atoms with Crippen LogP contribution in [0.5, 0.6) is 0 Å². The van der Waals surface area contributed by atoms with Crippen LogP contribution in [0.15, 0.2) is 22.7 Å². The summed E-state index contributed by atoms with van der Waals surface area (Å²) in [5.41, 5.74) is 12.9. The molecule has 0 bridgehead atoms. The van der Waals surface area contributed by atoms with E-state index in [4.69, 9.17) is 11.5 Å². The van der Waals surface area contributed by atoms with Crippen molar-refractivity contribution in [2.75, 3.05) is 17.2 Å². The molecule has 1 aromatic carbocycles. The van der Waals surface area contributed by atoms with Gasteiger partial charge in [-0.25, -0.2) is 0 Å². The summed E-state index contributed by atoms with van der Waals surface area (Å²) in [5.74, 6) is 0.0384. The quantitative estimate of drug-likeness (QED) is 0.750. The molecule has 0 saturated carbocycles. The highest BCUT2D eigenvalue weighted by Gasteiger charge is 2.28. The van der Waals surface area contributed by atoms with Crippen molar-refractivity contribution in [1.82, 2.24) is 0 Å². The lowest BCUT2D eigenvalue weighted by atomic mass is 10.2. The second-order valence-corrected chi connectivity index (χ2v) is 4.59. The molecule has 1 aromatic rings. The number of hydrogen-bond acceptors (Lipinski definition) is 3. The number of rotatable bonds is 1. The van der Waals surface area contributed by atoms with Crippen LogP contribution in [-0.2, 0) is 4.79 Å². The third-order valence-corrected chi connectivity index (χ3v) is 2.93. The first-order valence-corrected chi connectivity index (χ1v) is 5.48. The van der Waals surface area contributed by atoms with Gasteiger partial charge in [0.1, 0.15) is 0 Å². The van der Waals surface area contributed by atoms with Gasteiger partial charge in [-0.1, -0.05) is 15.9 Å². The maximum absolute atomic E-state index is 11.6. The summed E-state index contributed by atoms with van der Waals surface area (Å²) in [6.07, 6.45) is 0.398. The fourth-order valence-electron chi connectivity index (χ4n) is 1.74. The average molecular weight is 270 g/mol. The molecule has 2 rings (SSSR count). The Morgan fingerprint density at radius 3 is 2.73 bits per heavy atom. The molecule has 4 nitrogen and oxygen atoms in total. The van der Waals surface area contributed by atoms with Crippen LogP contribution in [0.2, 0.25) is 0 Å². The standard InChI is InChI=1S/C10H12BrN3O/c11-6-1-2-9(8(13)3-6)14-5-7(12)4-10(14)15/h1-3,7H,4-5,12-13H2. The first kappa shape index (κ1) is 10.4. The van der Waals surface area contributed by atoms with Crippen LogP contribution in [0.4, 0.5) is 11.4 Å². The molecule has 0 aliphatic carbocycles. The molecule has 15 heavy (non-hydrogen) atoms. The van der Waals surface area contributed by atoms with Crippen LogP contribution in [0.1, 0.15) is 6.42 Å². The second kappa shape index (κ2) is 3.83. The molecule has 1 aliphatic heterocycles. The van der Waals surface area contributed by atoms with E-state index in [0.29, 0.717) is 18.7 Å². The molecule has 0 spiro atoms. The van der Waals surface area contributed by atoms with Crippen LogP contribution >= 0.6 is 15.9 Å². The van der Waals surface area contributed by atoms with Crippen molar-refractivity contribution < 1.29 is 4.79 Å². The SMILES string of the molecule is Nc1cc(Br)ccc1N1CC(N)CC1=O. The summed E-state index contributed by atoms with van der Waals surface area (Å²) in [6, 6.07) is 5.39. The third kappa shape index (κ3) is 1.98. The Morgan fingerprint density at radius 2 is 2.20 bits per heavy atom. The number of carbonyl (C=O) groups excluding carboxylic acids is 1. The van der Waals surface area contributed by atoms with Gasteiger partial charge in [-0.15, -0.1) is 0 Å². The highest BCUT2D eigenvalue weighted by molar-refractivity contribution is 9.10. The Labute approximate surface area is 96.4 Å². The Kier molecular flexibility index (Phi) is 2.67. The van der Waals surface area contributed by atoms with Gasteiger partial charge in [-0.05, 0) is 18.2 Å². The molecule has 4 N–H and O–H groups in total. The van der Waals surface area contributed by atoms with Crippen molar-refractivity contribution in [1.29, 1.82) is 0 Å². The summed E-state index contributed by atoms with van der Waals surface area (Å²) in [6.45, 7) is 0.546. The van der Waals surface area contributed by atoms with E-state index in [2.05, 4.69) is 15.9 Å². The predicted molar refractivity (Wildman–Crippen MR) is 63.5 cm³/mol. The monoisotopic (exact) mass is 269 g/mol. The molecular formula is C10H12BrN3O. The van der Waals surface area contributed by atoms with Gasteiger partial charge < -0.3 is 16.4 Å². The van der Waals surface area contributed by atoms with E-state index in [9.17, 15) is 4.79 Å². The molecule has 1 amide bonds. The largest absolute Gasteiger partial charge is 0.397 e. The molecule has 1 fully saturated rings. The van der Waals surface area contributed by atoms with Gasteiger partial charge in [-0.2, -0.15) is 0 Å². The predicted octanol–water partition coefficient (Wildman–Crippen LogP) is 1.10. The van der Waals surface area contributed by atoms with Crippen LogP contribution < -0.4 is 16.4 Å². The molecule has 0 aromatic heterocycles. The highest BCUT2D eigenvalue weighted by atomic mass is 79.9. The molecule has 0 radical (unpaired) electrons. The molecule has 1 atom stereocenters. The van der Waals surface area contributed by atoms with Crippen LogP contribution in [0.25, 0.3) is 0 Å². The van der Waals surface area contributed by atoms with Crippen molar-refractivity contribution in [3.05, 3.63) is 22.7 Å². The third-order valence-electron chi connectivity index (χ3n) is 2.44. The minimum Gasteiger partial charge on any atom is -0.397 e. The van der Waals surface area contributed by atoms with E-state index in [1.807, 2.05) is 12.1 Å². The highest BCUT2D eigenvalue weighted by Crippen LogP contribution is 2.29. The van der Waals surface area contributed by atoms with Gasteiger partial charge in [0.25, 0.3) is 0 Å². The van der Waals surface area contributed by atoms with Crippen molar-refractivity contribution in [2.45, 2.75) is 12.5 Å². The molecule has 1 saturated heterocycles. The zero-order valence-electron chi connectivity index (χ0n) is 8.11. The normalized spacial score (nSPS) is 21.1. The Morgan fingerprint density at radius 1 is 1.47 bits per heavy atom. The minimum atomic E-state index is -0.0828. The van der Waals surface area contributed by atoms with Crippen molar-refractivity contribution in [3.8, 4) is 0 Å². The summed E-state index contributed by atoms with van der Waals surface area (Å²) < 4.78 is 0.902. The Hall–Kier alpha value is -1.07. The number of nitrogens with two attached hydrogens (primary N) is 2. The number of anilines is 2. The molecule has 5 heteroatoms. The summed E-state index contributed by atoms with van der Waals surface area (Å²) in [7, 11) is 0. The smallest absolute Gasteiger partial charge is 0.228 e. The lowest BCUT2D eigenvalue weighted by Crippen LogP contribution is -2.28. The van der Waals surface area contributed by atoms with Crippen LogP contribution in [0, 0.1) is 0 Å². The number of amides is 1. The van der Waals surface area contributed by atoms with Gasteiger partial charge >= 0.3 is 0 Å². The molecule has 80 valence electrons. The van der Waals surface area contributed by atoms with E-state index in [1.54, 1.807) is 11.0 Å². The number of nitrogen functional groups attached to an aromatic ring is 1. The summed E-state index contributed by atoms with van der Waals surface area (Å²) in [5, 5.41) is 0. The van der Waals surface area contributed by atoms with Crippen molar-refractivity contribution in [2.24, 2.45) is 5.73 Å². The second-order valence-electron chi connectivity index (χ2n) is 3.67. The van der Waals surface area contributed by atoms with Gasteiger partial charge in [0.05, 0.1) is 11.4 Å². The topological polar surface area (TPSA) is 72.3 Å². The van der Waals surface area contributed by atoms with Gasteiger partial charge in [-0.3, -0.25) is 4.79 Å². The zero-order valence-corrected chi connectivity index (χ0v) is 9.70. The van der Waals surface area contributed by atoms with Gasteiger partial charge in [0, 0.05) is 23.5 Å². The minimum absolute atomic E-state index is 0.0384. The summed E-state index contributed by atoms with van der Waals surface area (Å²) in [4.78, 5) is 13.2. The first-order valence-electron chi connectivity index (χ1n) is 4.69.